The molecular formula is C22H25ClN4O3. The summed E-state index contributed by atoms with van der Waals surface area (Å²) in [5, 5.41) is 9.08. The number of hydrogen-bond acceptors (Lipinski definition) is 4. The molecule has 0 unspecified atom stereocenters. The lowest BCUT2D eigenvalue weighted by Crippen LogP contribution is -2.49. The van der Waals surface area contributed by atoms with Gasteiger partial charge in [-0.2, -0.15) is 0 Å². The Hall–Kier alpha value is -2.90. The second-order valence-electron chi connectivity index (χ2n) is 7.46. The average molecular weight is 429 g/mol. The Morgan fingerprint density at radius 3 is 2.63 bits per heavy atom. The zero-order valence-corrected chi connectivity index (χ0v) is 17.4. The smallest absolute Gasteiger partial charge is 0.248 e. The number of hydrogen-bond donors (Lipinski definition) is 4. The minimum absolute atomic E-state index is 0.164. The molecule has 1 saturated heterocycles. The van der Waals surface area contributed by atoms with Gasteiger partial charge >= 0.3 is 0 Å². The van der Waals surface area contributed by atoms with Crippen molar-refractivity contribution in [2.24, 2.45) is 5.73 Å². The van der Waals surface area contributed by atoms with Crippen LogP contribution in [0.15, 0.2) is 48.5 Å². The van der Waals surface area contributed by atoms with Crippen LogP contribution in [-0.4, -0.2) is 36.3 Å². The molecule has 3 rings (SSSR count). The summed E-state index contributed by atoms with van der Waals surface area (Å²) in [6, 6.07) is 13.7. The van der Waals surface area contributed by atoms with E-state index in [0.29, 0.717) is 17.0 Å². The fraction of sp³-hybridized carbons (Fsp3) is 0.318. The Labute approximate surface area is 180 Å². The van der Waals surface area contributed by atoms with E-state index in [-0.39, 0.29) is 35.9 Å². The zero-order chi connectivity index (χ0) is 21.7. The van der Waals surface area contributed by atoms with Crippen molar-refractivity contribution < 1.29 is 14.4 Å². The molecule has 0 aliphatic carbocycles. The molecule has 1 aliphatic heterocycles. The van der Waals surface area contributed by atoms with Gasteiger partial charge in [0.2, 0.25) is 17.7 Å². The summed E-state index contributed by atoms with van der Waals surface area (Å²) in [5.74, 6) is -0.853. The van der Waals surface area contributed by atoms with Crippen molar-refractivity contribution in [3.63, 3.8) is 0 Å². The molecule has 5 N–H and O–H groups in total. The third-order valence-corrected chi connectivity index (χ3v) is 5.40. The van der Waals surface area contributed by atoms with E-state index in [2.05, 4.69) is 28.1 Å². The van der Waals surface area contributed by atoms with Gasteiger partial charge in [-0.25, -0.2) is 0 Å². The van der Waals surface area contributed by atoms with E-state index in [1.165, 1.54) is 11.6 Å². The number of halogens is 1. The lowest BCUT2D eigenvalue weighted by atomic mass is 9.96. The Morgan fingerprint density at radius 2 is 1.93 bits per heavy atom. The lowest BCUT2D eigenvalue weighted by molar-refractivity contribution is -0.129. The second-order valence-corrected chi connectivity index (χ2v) is 7.90. The lowest BCUT2D eigenvalue weighted by Gasteiger charge is -2.17. The van der Waals surface area contributed by atoms with Crippen LogP contribution in [0.25, 0.3) is 0 Å². The summed E-state index contributed by atoms with van der Waals surface area (Å²) >= 11 is 5.99. The highest BCUT2D eigenvalue weighted by Crippen LogP contribution is 2.25. The van der Waals surface area contributed by atoms with E-state index >= 15 is 0 Å². The van der Waals surface area contributed by atoms with Gasteiger partial charge in [-0.05, 0) is 48.6 Å². The highest BCUT2D eigenvalue weighted by atomic mass is 35.5. The predicted octanol–water partition coefficient (Wildman–Crippen LogP) is 1.71. The van der Waals surface area contributed by atoms with Gasteiger partial charge in [-0.3, -0.25) is 14.4 Å². The minimum Gasteiger partial charge on any atom is -0.366 e. The van der Waals surface area contributed by atoms with Gasteiger partial charge in [-0.1, -0.05) is 41.9 Å². The van der Waals surface area contributed by atoms with Gasteiger partial charge in [0.15, 0.2) is 0 Å². The number of nitrogens with one attached hydrogen (secondary N) is 3. The third kappa shape index (κ3) is 5.58. The molecule has 1 aliphatic rings. The van der Waals surface area contributed by atoms with E-state index in [9.17, 15) is 14.4 Å². The fourth-order valence-electron chi connectivity index (χ4n) is 3.53. The molecule has 0 saturated carbocycles. The van der Waals surface area contributed by atoms with Crippen molar-refractivity contribution in [1.82, 2.24) is 16.0 Å². The fourth-order valence-corrected chi connectivity index (χ4v) is 3.79. The largest absolute Gasteiger partial charge is 0.366 e. The average Bonchev–Trinajstić information content (AvgIpc) is 3.22. The standard InChI is InChI=1S/C22H25ClN4O3/c1-13(21(29)26-11-14-7-16(20(24)28)9-18(23)8-14)27-22(30)19-10-17(12-25-19)15-5-3-2-4-6-15/h2-9,13,17,19,25H,10-12H2,1H3,(H2,24,28)(H,26,29)(H,27,30)/t13-,17-,19+/m0/s1. The molecule has 0 bridgehead atoms. The Kier molecular flexibility index (Phi) is 7.07. The first-order chi connectivity index (χ1) is 14.3. The number of carbonyl (C=O) groups is 3. The SMILES string of the molecule is C[C@H](NC(=O)[C@H]1C[C@H](c2ccccc2)CN1)C(=O)NCc1cc(Cl)cc(C(N)=O)c1. The highest BCUT2D eigenvalue weighted by molar-refractivity contribution is 6.31. The van der Waals surface area contributed by atoms with Crippen LogP contribution in [0.5, 0.6) is 0 Å². The maximum Gasteiger partial charge on any atom is 0.248 e. The monoisotopic (exact) mass is 428 g/mol. The van der Waals surface area contributed by atoms with Crippen LogP contribution in [-0.2, 0) is 16.1 Å². The number of primary amides is 1. The van der Waals surface area contributed by atoms with Crippen LogP contribution >= 0.6 is 11.6 Å². The molecule has 0 spiro atoms. The van der Waals surface area contributed by atoms with E-state index < -0.39 is 11.9 Å². The Bertz CT molecular complexity index is 935. The highest BCUT2D eigenvalue weighted by Gasteiger charge is 2.31. The second kappa shape index (κ2) is 9.73. The zero-order valence-electron chi connectivity index (χ0n) is 16.7. The number of amides is 3. The molecule has 7 nitrogen and oxygen atoms in total. The molecule has 2 aromatic carbocycles. The van der Waals surface area contributed by atoms with Crippen LogP contribution in [0.4, 0.5) is 0 Å². The topological polar surface area (TPSA) is 113 Å². The summed E-state index contributed by atoms with van der Waals surface area (Å²) in [4.78, 5) is 36.3. The summed E-state index contributed by atoms with van der Waals surface area (Å²) in [6.45, 7) is 2.51. The Balaban J connectivity index is 1.50. The van der Waals surface area contributed by atoms with Crippen molar-refractivity contribution >= 4 is 29.3 Å². The van der Waals surface area contributed by atoms with E-state index in [1.807, 2.05) is 18.2 Å². The van der Waals surface area contributed by atoms with Crippen LogP contribution < -0.4 is 21.7 Å². The molecule has 158 valence electrons. The molecule has 0 radical (unpaired) electrons. The number of nitrogens with two attached hydrogens (primary N) is 1. The van der Waals surface area contributed by atoms with Crippen molar-refractivity contribution in [3.8, 4) is 0 Å². The molecule has 8 heteroatoms. The summed E-state index contributed by atoms with van der Waals surface area (Å²) in [7, 11) is 0. The van der Waals surface area contributed by atoms with E-state index in [0.717, 1.165) is 6.54 Å². The maximum atomic E-state index is 12.6. The molecule has 0 aromatic heterocycles. The molecule has 2 aromatic rings. The van der Waals surface area contributed by atoms with Gasteiger partial charge in [0, 0.05) is 23.7 Å². The van der Waals surface area contributed by atoms with Crippen LogP contribution in [0.3, 0.4) is 0 Å². The van der Waals surface area contributed by atoms with Gasteiger partial charge in [-0.15, -0.1) is 0 Å². The molecular weight excluding hydrogens is 404 g/mol. The number of benzene rings is 2. The van der Waals surface area contributed by atoms with Crippen LogP contribution in [0.2, 0.25) is 5.02 Å². The first kappa shape index (κ1) is 21.8. The minimum atomic E-state index is -0.704. The van der Waals surface area contributed by atoms with Crippen molar-refractivity contribution in [3.05, 3.63) is 70.2 Å². The predicted molar refractivity (Wildman–Crippen MR) is 115 cm³/mol. The normalized spacial score (nSPS) is 19.1. The third-order valence-electron chi connectivity index (χ3n) is 5.18. The van der Waals surface area contributed by atoms with Gasteiger partial charge in [0.25, 0.3) is 0 Å². The summed E-state index contributed by atoms with van der Waals surface area (Å²) < 4.78 is 0. The Morgan fingerprint density at radius 1 is 1.20 bits per heavy atom. The molecule has 1 heterocycles. The van der Waals surface area contributed by atoms with E-state index in [4.69, 9.17) is 17.3 Å². The van der Waals surface area contributed by atoms with Gasteiger partial charge < -0.3 is 21.7 Å². The summed E-state index contributed by atoms with van der Waals surface area (Å²) in [6.07, 6.45) is 0.683. The first-order valence-corrected chi connectivity index (χ1v) is 10.2. The van der Waals surface area contributed by atoms with Crippen molar-refractivity contribution in [1.29, 1.82) is 0 Å². The van der Waals surface area contributed by atoms with Crippen LogP contribution in [0, 0.1) is 0 Å². The quantitative estimate of drug-likeness (QED) is 0.537. The molecule has 1 fully saturated rings. The summed E-state index contributed by atoms with van der Waals surface area (Å²) in [5.41, 5.74) is 7.39. The molecule has 3 atom stereocenters. The van der Waals surface area contributed by atoms with Gasteiger partial charge in [0.05, 0.1) is 6.04 Å². The number of carbonyl (C=O) groups excluding carboxylic acids is 3. The molecule has 3 amide bonds. The van der Waals surface area contributed by atoms with Crippen molar-refractivity contribution in [2.75, 3.05) is 6.54 Å². The number of rotatable bonds is 7. The maximum absolute atomic E-state index is 12.6. The van der Waals surface area contributed by atoms with Gasteiger partial charge in [0.1, 0.15) is 6.04 Å². The van der Waals surface area contributed by atoms with Crippen molar-refractivity contribution in [2.45, 2.75) is 37.9 Å². The van der Waals surface area contributed by atoms with Crippen LogP contribution in [0.1, 0.15) is 40.7 Å². The first-order valence-electron chi connectivity index (χ1n) is 9.79. The molecule has 30 heavy (non-hydrogen) atoms. The van der Waals surface area contributed by atoms with E-state index in [1.54, 1.807) is 19.1 Å².